The second kappa shape index (κ2) is 10.9. The summed E-state index contributed by atoms with van der Waals surface area (Å²) in [5, 5.41) is 0. The van der Waals surface area contributed by atoms with Crippen LogP contribution in [0.4, 0.5) is 0 Å². The molecule has 7 nitrogen and oxygen atoms in total. The molecule has 3 aromatic rings. The minimum atomic E-state index is -0.690. The lowest BCUT2D eigenvalue weighted by Crippen LogP contribution is -2.13. The summed E-state index contributed by atoms with van der Waals surface area (Å²) in [6.45, 7) is 0. The molecule has 0 aliphatic carbocycles. The second-order valence-electron chi connectivity index (χ2n) is 6.73. The Morgan fingerprint density at radius 3 is 1.85 bits per heavy atom. The molecule has 0 aromatic heterocycles. The van der Waals surface area contributed by atoms with Crippen LogP contribution in [0, 0.1) is 0 Å². The predicted molar refractivity (Wildman–Crippen MR) is 124 cm³/mol. The van der Waals surface area contributed by atoms with Crippen molar-refractivity contribution in [2.45, 2.75) is 0 Å². The van der Waals surface area contributed by atoms with Gasteiger partial charge < -0.3 is 23.7 Å². The van der Waals surface area contributed by atoms with Gasteiger partial charge in [-0.05, 0) is 54.6 Å². The van der Waals surface area contributed by atoms with Gasteiger partial charge in [0.1, 0.15) is 22.8 Å². The summed E-state index contributed by atoms with van der Waals surface area (Å²) in [7, 11) is 5.93. The van der Waals surface area contributed by atoms with Crippen LogP contribution >= 0.6 is 0 Å². The number of esters is 1. The van der Waals surface area contributed by atoms with Crippen LogP contribution in [0.25, 0.3) is 6.08 Å². The topological polar surface area (TPSA) is 80.3 Å². The summed E-state index contributed by atoms with van der Waals surface area (Å²) < 4.78 is 26.8. The first-order chi connectivity index (χ1) is 16.0. The lowest BCUT2D eigenvalue weighted by molar-refractivity contribution is 0.0722. The highest BCUT2D eigenvalue weighted by Crippen LogP contribution is 2.35. The number of hydrogen-bond acceptors (Lipinski definition) is 7. The first-order valence-corrected chi connectivity index (χ1v) is 9.99. The Morgan fingerprint density at radius 1 is 0.697 bits per heavy atom. The molecule has 0 radical (unpaired) electrons. The maximum Gasteiger partial charge on any atom is 0.351 e. The van der Waals surface area contributed by atoms with Crippen molar-refractivity contribution in [2.24, 2.45) is 0 Å². The first kappa shape index (κ1) is 23.4. The van der Waals surface area contributed by atoms with E-state index >= 15 is 0 Å². The van der Waals surface area contributed by atoms with Crippen molar-refractivity contribution in [2.75, 3.05) is 28.4 Å². The minimum Gasteiger partial charge on any atom is -0.497 e. The molecule has 0 N–H and O–H groups in total. The number of hydrogen-bond donors (Lipinski definition) is 0. The van der Waals surface area contributed by atoms with Gasteiger partial charge in [0.25, 0.3) is 0 Å². The fourth-order valence-electron chi connectivity index (χ4n) is 3.15. The van der Waals surface area contributed by atoms with Crippen molar-refractivity contribution < 1.29 is 33.3 Å². The van der Waals surface area contributed by atoms with Crippen LogP contribution in [-0.2, 0) is 0 Å². The molecule has 0 saturated carbocycles. The highest BCUT2D eigenvalue weighted by Gasteiger charge is 2.23. The van der Waals surface area contributed by atoms with Gasteiger partial charge in [0.05, 0.1) is 28.4 Å². The van der Waals surface area contributed by atoms with E-state index in [1.54, 1.807) is 73.8 Å². The van der Waals surface area contributed by atoms with Crippen LogP contribution in [0.15, 0.2) is 66.7 Å². The molecule has 0 unspecified atom stereocenters. The maximum absolute atomic E-state index is 13.1. The largest absolute Gasteiger partial charge is 0.497 e. The van der Waals surface area contributed by atoms with E-state index < -0.39 is 5.97 Å². The lowest BCUT2D eigenvalue weighted by atomic mass is 10.1. The molecule has 170 valence electrons. The molecule has 0 fully saturated rings. The number of ether oxygens (including phenoxy) is 5. The third kappa shape index (κ3) is 5.33. The number of carbonyl (C=O) groups is 2. The van der Waals surface area contributed by atoms with E-state index in [4.69, 9.17) is 23.7 Å². The fourth-order valence-corrected chi connectivity index (χ4v) is 3.15. The van der Waals surface area contributed by atoms with Crippen molar-refractivity contribution in [1.29, 1.82) is 0 Å². The van der Waals surface area contributed by atoms with Gasteiger partial charge in [0, 0.05) is 11.1 Å². The standard InChI is InChI=1S/C26H24O7/c1-29-19-14-11-17(12-15-19)20(27)16-13-18-7-5-10-23(32-4)25(18)33-26(28)24-21(30-2)8-6-9-22(24)31-3/h5-16H,1-4H3. The van der Waals surface area contributed by atoms with Crippen molar-refractivity contribution >= 4 is 17.8 Å². The normalized spacial score (nSPS) is 10.5. The highest BCUT2D eigenvalue weighted by molar-refractivity contribution is 6.07. The number of carbonyl (C=O) groups excluding carboxylic acids is 2. The van der Waals surface area contributed by atoms with E-state index in [0.717, 1.165) is 0 Å². The van der Waals surface area contributed by atoms with Crippen molar-refractivity contribution in [3.05, 3.63) is 83.4 Å². The van der Waals surface area contributed by atoms with E-state index in [1.165, 1.54) is 27.4 Å². The number of allylic oxidation sites excluding steroid dienone is 1. The van der Waals surface area contributed by atoms with Crippen molar-refractivity contribution in [3.8, 4) is 28.7 Å². The van der Waals surface area contributed by atoms with Gasteiger partial charge in [-0.25, -0.2) is 4.79 Å². The van der Waals surface area contributed by atoms with Crippen LogP contribution in [0.2, 0.25) is 0 Å². The summed E-state index contributed by atoms with van der Waals surface area (Å²) in [4.78, 5) is 25.7. The summed E-state index contributed by atoms with van der Waals surface area (Å²) >= 11 is 0. The quantitative estimate of drug-likeness (QED) is 0.201. The zero-order chi connectivity index (χ0) is 23.8. The zero-order valence-corrected chi connectivity index (χ0v) is 18.8. The van der Waals surface area contributed by atoms with Gasteiger partial charge in [0.2, 0.25) is 0 Å². The Balaban J connectivity index is 1.93. The molecule has 0 saturated heterocycles. The number of para-hydroxylation sites is 1. The average molecular weight is 448 g/mol. The Kier molecular flexibility index (Phi) is 7.70. The van der Waals surface area contributed by atoms with Gasteiger partial charge in [-0.2, -0.15) is 0 Å². The summed E-state index contributed by atoms with van der Waals surface area (Å²) in [6.07, 6.45) is 2.97. The third-order valence-electron chi connectivity index (χ3n) is 4.84. The minimum absolute atomic E-state index is 0.137. The molecule has 0 aliphatic heterocycles. The van der Waals surface area contributed by atoms with E-state index in [0.29, 0.717) is 34.1 Å². The second-order valence-corrected chi connectivity index (χ2v) is 6.73. The molecular formula is C26H24O7. The molecule has 0 spiro atoms. The summed E-state index contributed by atoms with van der Waals surface area (Å²) in [5.41, 5.74) is 1.11. The molecule has 0 bridgehead atoms. The monoisotopic (exact) mass is 448 g/mol. The van der Waals surface area contributed by atoms with Gasteiger partial charge >= 0.3 is 5.97 Å². The van der Waals surface area contributed by atoms with E-state index in [-0.39, 0.29) is 17.1 Å². The van der Waals surface area contributed by atoms with Crippen molar-refractivity contribution in [3.63, 3.8) is 0 Å². The number of benzene rings is 3. The lowest BCUT2D eigenvalue weighted by Gasteiger charge is -2.15. The smallest absolute Gasteiger partial charge is 0.351 e. The summed E-state index contributed by atoms with van der Waals surface area (Å²) in [6, 6.07) is 16.8. The highest BCUT2D eigenvalue weighted by atomic mass is 16.6. The van der Waals surface area contributed by atoms with E-state index in [2.05, 4.69) is 0 Å². The molecule has 0 heterocycles. The molecule has 0 aliphatic rings. The Morgan fingerprint density at radius 2 is 1.27 bits per heavy atom. The van der Waals surface area contributed by atoms with Crippen molar-refractivity contribution in [1.82, 2.24) is 0 Å². The molecule has 3 aromatic carbocycles. The number of ketones is 1. The van der Waals surface area contributed by atoms with Crippen LogP contribution in [0.3, 0.4) is 0 Å². The SMILES string of the molecule is COc1ccc(C(=O)C=Cc2cccc(OC)c2OC(=O)c2c(OC)cccc2OC)cc1. The van der Waals surface area contributed by atoms with Crippen LogP contribution in [0.5, 0.6) is 28.7 Å². The first-order valence-electron chi connectivity index (χ1n) is 9.99. The fraction of sp³-hybridized carbons (Fsp3) is 0.154. The van der Waals surface area contributed by atoms with Crippen LogP contribution < -0.4 is 23.7 Å². The number of rotatable bonds is 9. The molecular weight excluding hydrogens is 424 g/mol. The molecule has 3 rings (SSSR count). The summed E-state index contributed by atoms with van der Waals surface area (Å²) in [5.74, 6) is 0.855. The Hall–Kier alpha value is -4.26. The Labute approximate surface area is 192 Å². The molecule has 0 amide bonds. The molecule has 7 heteroatoms. The zero-order valence-electron chi connectivity index (χ0n) is 18.8. The molecule has 33 heavy (non-hydrogen) atoms. The van der Waals surface area contributed by atoms with Gasteiger partial charge in [-0.15, -0.1) is 0 Å². The molecule has 0 atom stereocenters. The van der Waals surface area contributed by atoms with Crippen LogP contribution in [-0.4, -0.2) is 40.2 Å². The van der Waals surface area contributed by atoms with Gasteiger partial charge in [0.15, 0.2) is 17.3 Å². The maximum atomic E-state index is 13.1. The van der Waals surface area contributed by atoms with Gasteiger partial charge in [-0.1, -0.05) is 18.2 Å². The third-order valence-corrected chi connectivity index (χ3v) is 4.84. The number of methoxy groups -OCH3 is 4. The average Bonchev–Trinajstić information content (AvgIpc) is 2.87. The van der Waals surface area contributed by atoms with Crippen LogP contribution in [0.1, 0.15) is 26.3 Å². The van der Waals surface area contributed by atoms with E-state index in [9.17, 15) is 9.59 Å². The van der Waals surface area contributed by atoms with E-state index in [1.807, 2.05) is 0 Å². The Bertz CT molecular complexity index is 1140. The van der Waals surface area contributed by atoms with Gasteiger partial charge in [-0.3, -0.25) is 4.79 Å². The predicted octanol–water partition coefficient (Wildman–Crippen LogP) is 4.84.